The van der Waals surface area contributed by atoms with Gasteiger partial charge >= 0.3 is 6.18 Å². The Morgan fingerprint density at radius 3 is 2.25 bits per heavy atom. The summed E-state index contributed by atoms with van der Waals surface area (Å²) in [7, 11) is -3.39. The van der Waals surface area contributed by atoms with Crippen molar-refractivity contribution >= 4 is 15.7 Å². The molecule has 0 aromatic heterocycles. The van der Waals surface area contributed by atoms with Gasteiger partial charge < -0.3 is 4.84 Å². The van der Waals surface area contributed by atoms with Crippen LogP contribution in [0.3, 0.4) is 0 Å². The summed E-state index contributed by atoms with van der Waals surface area (Å²) in [5.74, 6) is -0.898. The van der Waals surface area contributed by atoms with E-state index < -0.39 is 32.7 Å². The van der Waals surface area contributed by atoms with Gasteiger partial charge in [-0.2, -0.15) is 18.7 Å². The van der Waals surface area contributed by atoms with Gasteiger partial charge in [-0.15, -0.1) is 0 Å². The molecule has 2 rings (SSSR count). The Hall–Kier alpha value is -1.77. The first-order chi connectivity index (χ1) is 9.20. The van der Waals surface area contributed by atoms with Gasteiger partial charge in [0, 0.05) is 0 Å². The van der Waals surface area contributed by atoms with Gasteiger partial charge in [-0.3, -0.25) is 4.79 Å². The topological polar surface area (TPSA) is 72.5 Å². The normalized spacial score (nSPS) is 20.9. The average Bonchev–Trinajstić information content (AvgIpc) is 2.34. The third kappa shape index (κ3) is 3.03. The van der Waals surface area contributed by atoms with Crippen LogP contribution < -0.4 is 10.3 Å². The Labute approximate surface area is 112 Å². The monoisotopic (exact) mass is 309 g/mol. The van der Waals surface area contributed by atoms with Crippen LogP contribution in [0.25, 0.3) is 0 Å². The Kier molecular flexibility index (Phi) is 3.63. The molecule has 0 bridgehead atoms. The summed E-state index contributed by atoms with van der Waals surface area (Å²) in [6.07, 6.45) is -4.24. The minimum absolute atomic E-state index is 0.0249. The molecule has 1 atom stereocenters. The number of carbonyl (C=O) groups excluding carboxylic acids is 1. The zero-order chi connectivity index (χ0) is 15.0. The van der Waals surface area contributed by atoms with E-state index in [9.17, 15) is 26.4 Å². The maximum absolute atomic E-state index is 12.3. The Morgan fingerprint density at radius 1 is 1.25 bits per heavy atom. The number of hydroxylamine groups is 1. The fourth-order valence-electron chi connectivity index (χ4n) is 1.61. The van der Waals surface area contributed by atoms with Gasteiger partial charge in [-0.05, 0) is 30.7 Å². The quantitative estimate of drug-likeness (QED) is 0.854. The van der Waals surface area contributed by atoms with Gasteiger partial charge in [-0.25, -0.2) is 8.42 Å². The van der Waals surface area contributed by atoms with E-state index >= 15 is 0 Å². The molecule has 1 aliphatic heterocycles. The van der Waals surface area contributed by atoms with Crippen molar-refractivity contribution in [1.29, 1.82) is 0 Å². The van der Waals surface area contributed by atoms with Crippen LogP contribution in [0, 0.1) is 0 Å². The molecule has 0 radical (unpaired) electrons. The maximum Gasteiger partial charge on any atom is 0.416 e. The predicted molar refractivity (Wildman–Crippen MR) is 62.4 cm³/mol. The van der Waals surface area contributed by atoms with Crippen molar-refractivity contribution in [2.75, 3.05) is 5.75 Å². The van der Waals surface area contributed by atoms with Crippen molar-refractivity contribution in [1.82, 2.24) is 5.48 Å². The first-order valence-corrected chi connectivity index (χ1v) is 7.27. The van der Waals surface area contributed by atoms with Crippen LogP contribution in [-0.2, 0) is 20.8 Å². The van der Waals surface area contributed by atoms with Gasteiger partial charge in [-0.1, -0.05) is 0 Å². The lowest BCUT2D eigenvalue weighted by atomic mass is 10.2. The smallest absolute Gasteiger partial charge is 0.380 e. The van der Waals surface area contributed by atoms with Crippen LogP contribution in [0.2, 0.25) is 0 Å². The number of halogens is 3. The van der Waals surface area contributed by atoms with E-state index in [2.05, 4.69) is 0 Å². The van der Waals surface area contributed by atoms with E-state index in [0.717, 1.165) is 24.3 Å². The fraction of sp³-hybridized carbons (Fsp3) is 0.364. The molecular weight excluding hydrogens is 299 g/mol. The summed E-state index contributed by atoms with van der Waals surface area (Å²) in [4.78, 5) is 16.2. The third-order valence-corrected chi connectivity index (χ3v) is 4.96. The maximum atomic E-state index is 12.3. The van der Waals surface area contributed by atoms with Gasteiger partial charge in [0.25, 0.3) is 5.91 Å². The van der Waals surface area contributed by atoms with E-state index in [1.165, 1.54) is 0 Å². The van der Waals surface area contributed by atoms with Crippen molar-refractivity contribution in [3.63, 3.8) is 0 Å². The standard InChI is InChI=1S/C11H10F3NO4S/c12-11(13,14)7-1-3-8(4-2-7)19-15-10(16)9-5-6-20(9,17)18/h1-4,9H,5-6H2,(H,15,16). The highest BCUT2D eigenvalue weighted by Gasteiger charge is 2.41. The molecule has 1 aliphatic rings. The summed E-state index contributed by atoms with van der Waals surface area (Å²) in [6, 6.07) is 3.64. The number of rotatable bonds is 3. The zero-order valence-corrected chi connectivity index (χ0v) is 10.8. The summed E-state index contributed by atoms with van der Waals surface area (Å²) in [5.41, 5.74) is 1.07. The molecule has 20 heavy (non-hydrogen) atoms. The van der Waals surface area contributed by atoms with Gasteiger partial charge in [0.2, 0.25) is 0 Å². The van der Waals surface area contributed by atoms with Crippen molar-refractivity contribution in [2.24, 2.45) is 0 Å². The molecule has 1 amide bonds. The number of nitrogens with one attached hydrogen (secondary N) is 1. The number of hydrogen-bond donors (Lipinski definition) is 1. The van der Waals surface area contributed by atoms with E-state index in [1.54, 1.807) is 0 Å². The van der Waals surface area contributed by atoms with Crippen LogP contribution in [0.4, 0.5) is 13.2 Å². The molecule has 1 aromatic carbocycles. The Balaban J connectivity index is 1.93. The summed E-state index contributed by atoms with van der Waals surface area (Å²) >= 11 is 0. The zero-order valence-electron chi connectivity index (χ0n) is 9.98. The molecule has 1 aromatic rings. The molecule has 1 N–H and O–H groups in total. The van der Waals surface area contributed by atoms with E-state index in [4.69, 9.17) is 4.84 Å². The van der Waals surface area contributed by atoms with Crippen LogP contribution in [0.15, 0.2) is 24.3 Å². The lowest BCUT2D eigenvalue weighted by molar-refractivity contribution is -0.137. The minimum atomic E-state index is -4.46. The van der Waals surface area contributed by atoms with Gasteiger partial charge in [0.15, 0.2) is 15.6 Å². The van der Waals surface area contributed by atoms with E-state index in [1.807, 2.05) is 5.48 Å². The van der Waals surface area contributed by atoms with Crippen molar-refractivity contribution in [3.8, 4) is 5.75 Å². The number of sulfone groups is 1. The number of carbonyl (C=O) groups is 1. The molecule has 1 fully saturated rings. The van der Waals surface area contributed by atoms with Crippen LogP contribution in [0.1, 0.15) is 12.0 Å². The van der Waals surface area contributed by atoms with Crippen molar-refractivity contribution in [2.45, 2.75) is 17.8 Å². The van der Waals surface area contributed by atoms with Gasteiger partial charge in [0.1, 0.15) is 5.25 Å². The Morgan fingerprint density at radius 2 is 1.85 bits per heavy atom. The molecule has 0 spiro atoms. The average molecular weight is 309 g/mol. The van der Waals surface area contributed by atoms with E-state index in [0.29, 0.717) is 0 Å². The first-order valence-electron chi connectivity index (χ1n) is 5.56. The lowest BCUT2D eigenvalue weighted by Gasteiger charge is -2.24. The molecule has 9 heteroatoms. The highest BCUT2D eigenvalue weighted by molar-refractivity contribution is 7.94. The number of amides is 1. The second-order valence-electron chi connectivity index (χ2n) is 4.23. The largest absolute Gasteiger partial charge is 0.416 e. The van der Waals surface area contributed by atoms with Crippen molar-refractivity contribution in [3.05, 3.63) is 29.8 Å². The molecule has 110 valence electrons. The third-order valence-electron chi connectivity index (χ3n) is 2.84. The van der Waals surface area contributed by atoms with E-state index in [-0.39, 0.29) is 17.9 Å². The molecule has 1 unspecified atom stereocenters. The fourth-order valence-corrected chi connectivity index (χ4v) is 2.84. The summed E-state index contributed by atoms with van der Waals surface area (Å²) in [5, 5.41) is -1.14. The number of benzene rings is 1. The highest BCUT2D eigenvalue weighted by Crippen LogP contribution is 2.30. The SMILES string of the molecule is O=C(NOc1ccc(C(F)(F)F)cc1)C1CCS1(=O)=O. The number of alkyl halides is 3. The molecule has 1 heterocycles. The van der Waals surface area contributed by atoms with Crippen LogP contribution in [-0.4, -0.2) is 25.3 Å². The molecule has 1 saturated heterocycles. The summed E-state index contributed by atoms with van der Waals surface area (Å²) in [6.45, 7) is 0. The molecule has 5 nitrogen and oxygen atoms in total. The Bertz CT molecular complexity index is 610. The highest BCUT2D eigenvalue weighted by atomic mass is 32.2. The van der Waals surface area contributed by atoms with Crippen LogP contribution >= 0.6 is 0 Å². The second kappa shape index (κ2) is 4.97. The summed E-state index contributed by atoms with van der Waals surface area (Å²) < 4.78 is 59.3. The number of hydrogen-bond acceptors (Lipinski definition) is 4. The van der Waals surface area contributed by atoms with Crippen LogP contribution in [0.5, 0.6) is 5.75 Å². The lowest BCUT2D eigenvalue weighted by Crippen LogP contribution is -2.49. The van der Waals surface area contributed by atoms with Crippen molar-refractivity contribution < 1.29 is 31.2 Å². The van der Waals surface area contributed by atoms with Gasteiger partial charge in [0.05, 0.1) is 11.3 Å². The second-order valence-corrected chi connectivity index (χ2v) is 6.54. The minimum Gasteiger partial charge on any atom is -0.380 e. The molecule has 0 aliphatic carbocycles. The molecule has 0 saturated carbocycles. The molecular formula is C11H10F3NO4S. The first kappa shape index (κ1) is 14.6. The predicted octanol–water partition coefficient (Wildman–Crippen LogP) is 1.30.